The second-order valence-corrected chi connectivity index (χ2v) is 11.3. The van der Waals surface area contributed by atoms with Crippen LogP contribution in [0.5, 0.6) is 0 Å². The Morgan fingerprint density at radius 1 is 0.667 bits per heavy atom. The van der Waals surface area contributed by atoms with Crippen molar-refractivity contribution in [2.75, 3.05) is 0 Å². The van der Waals surface area contributed by atoms with Gasteiger partial charge in [0, 0.05) is 0 Å². The highest BCUT2D eigenvalue weighted by Gasteiger charge is 2.31. The van der Waals surface area contributed by atoms with Crippen molar-refractivity contribution in [3.63, 3.8) is 0 Å². The smallest absolute Gasteiger partial charge is 0.0129 e. The van der Waals surface area contributed by atoms with E-state index in [2.05, 4.69) is 112 Å². The molecule has 0 heteroatoms. The first-order valence-corrected chi connectivity index (χ1v) is 10.4. The van der Waals surface area contributed by atoms with Crippen molar-refractivity contribution >= 4 is 0 Å². The van der Waals surface area contributed by atoms with Gasteiger partial charge in [0.25, 0.3) is 0 Å². The van der Waals surface area contributed by atoms with Gasteiger partial charge < -0.3 is 0 Å². The molecule has 0 saturated carbocycles. The van der Waals surface area contributed by atoms with Gasteiger partial charge in [0.15, 0.2) is 0 Å². The summed E-state index contributed by atoms with van der Waals surface area (Å²) in [4.78, 5) is 0. The average molecular weight is 365 g/mol. The Morgan fingerprint density at radius 3 is 1.48 bits per heavy atom. The van der Waals surface area contributed by atoms with Gasteiger partial charge in [-0.05, 0) is 56.4 Å². The molecule has 0 aliphatic rings. The van der Waals surface area contributed by atoms with E-state index in [4.69, 9.17) is 0 Å². The number of rotatable bonds is 3. The topological polar surface area (TPSA) is 0 Å². The van der Waals surface area contributed by atoms with Crippen molar-refractivity contribution in [3.8, 4) is 0 Å². The maximum atomic E-state index is 2.49. The molecule has 0 radical (unpaired) electrons. The molecule has 0 heterocycles. The van der Waals surface area contributed by atoms with E-state index in [1.165, 1.54) is 22.3 Å². The average Bonchev–Trinajstić information content (AvgIpc) is 2.52. The molecule has 0 aliphatic heterocycles. The molecule has 2 rings (SSSR count). The Balaban J connectivity index is 2.72. The molecule has 0 bridgehead atoms. The summed E-state index contributed by atoms with van der Waals surface area (Å²) in [6, 6.07) is 15.9. The van der Waals surface area contributed by atoms with Gasteiger partial charge in [-0.15, -0.1) is 0 Å². The van der Waals surface area contributed by atoms with Crippen molar-refractivity contribution in [3.05, 3.63) is 70.3 Å². The summed E-state index contributed by atoms with van der Waals surface area (Å²) in [7, 11) is 0. The lowest BCUT2D eigenvalue weighted by Gasteiger charge is -2.36. The summed E-state index contributed by atoms with van der Waals surface area (Å²) >= 11 is 0. The Labute approximate surface area is 168 Å². The van der Waals surface area contributed by atoms with Crippen LogP contribution in [-0.2, 0) is 22.7 Å². The molecule has 148 valence electrons. The molecule has 2 aromatic rings. The van der Waals surface area contributed by atoms with Crippen LogP contribution in [0.4, 0.5) is 0 Å². The quantitative estimate of drug-likeness (QED) is 0.518. The third-order valence-electron chi connectivity index (χ3n) is 5.54. The molecule has 0 N–H and O–H groups in total. The van der Waals surface area contributed by atoms with E-state index in [-0.39, 0.29) is 16.2 Å². The second kappa shape index (κ2) is 7.46. The van der Waals surface area contributed by atoms with Gasteiger partial charge in [-0.2, -0.15) is 0 Å². The molecular formula is C27H40. The molecule has 1 atom stereocenters. The zero-order chi connectivity index (χ0) is 20.6. The number of benzene rings is 2. The second-order valence-electron chi connectivity index (χ2n) is 11.3. The molecule has 0 aliphatic carbocycles. The lowest BCUT2D eigenvalue weighted by molar-refractivity contribution is 0.526. The normalized spacial score (nSPS) is 14.3. The molecule has 0 nitrogen and oxygen atoms in total. The summed E-state index contributed by atoms with van der Waals surface area (Å²) in [6.07, 6.45) is 1.09. The van der Waals surface area contributed by atoms with Gasteiger partial charge in [-0.25, -0.2) is 0 Å². The maximum absolute atomic E-state index is 2.49. The zero-order valence-electron chi connectivity index (χ0n) is 19.3. The fraction of sp³-hybridized carbons (Fsp3) is 0.556. The van der Waals surface area contributed by atoms with Gasteiger partial charge in [-0.1, -0.05) is 112 Å². The van der Waals surface area contributed by atoms with Gasteiger partial charge in [0.05, 0.1) is 0 Å². The molecule has 0 fully saturated rings. The Morgan fingerprint density at radius 2 is 1.11 bits per heavy atom. The maximum Gasteiger partial charge on any atom is -0.0129 e. The molecule has 0 saturated heterocycles. The molecule has 2 aromatic carbocycles. The fourth-order valence-corrected chi connectivity index (χ4v) is 3.93. The molecule has 0 amide bonds. The first-order valence-electron chi connectivity index (χ1n) is 10.4. The third kappa shape index (κ3) is 5.24. The van der Waals surface area contributed by atoms with Crippen LogP contribution >= 0.6 is 0 Å². The van der Waals surface area contributed by atoms with Crippen LogP contribution in [0.2, 0.25) is 0 Å². The van der Waals surface area contributed by atoms with Crippen molar-refractivity contribution in [2.45, 2.75) is 97.8 Å². The number of hydrogen-bond donors (Lipinski definition) is 0. The summed E-state index contributed by atoms with van der Waals surface area (Å²) in [6.45, 7) is 23.6. The standard InChI is InChI=1S/C27H40/c1-19(16-20-14-12-11-13-15-20)24-22(26(5,6)7)17-21(25(2,3)4)18-23(24)27(8,9)10/h11-15,17-19H,16H2,1-10H3. The van der Waals surface area contributed by atoms with Gasteiger partial charge in [0.1, 0.15) is 0 Å². The largest absolute Gasteiger partial charge is 0.0622 e. The Kier molecular flexibility index (Phi) is 6.00. The minimum atomic E-state index is 0.127. The van der Waals surface area contributed by atoms with Gasteiger partial charge in [0.2, 0.25) is 0 Å². The summed E-state index contributed by atoms with van der Waals surface area (Å²) in [5, 5.41) is 0. The van der Waals surface area contributed by atoms with Crippen LogP contribution in [0.25, 0.3) is 0 Å². The predicted molar refractivity (Wildman–Crippen MR) is 121 cm³/mol. The lowest BCUT2D eigenvalue weighted by atomic mass is 9.69. The minimum Gasteiger partial charge on any atom is -0.0622 e. The van der Waals surface area contributed by atoms with E-state index < -0.39 is 0 Å². The van der Waals surface area contributed by atoms with Crippen molar-refractivity contribution < 1.29 is 0 Å². The van der Waals surface area contributed by atoms with Crippen LogP contribution in [-0.4, -0.2) is 0 Å². The van der Waals surface area contributed by atoms with E-state index >= 15 is 0 Å². The highest BCUT2D eigenvalue weighted by molar-refractivity contribution is 5.49. The first kappa shape index (κ1) is 21.7. The van der Waals surface area contributed by atoms with Gasteiger partial charge >= 0.3 is 0 Å². The van der Waals surface area contributed by atoms with E-state index in [0.29, 0.717) is 5.92 Å². The van der Waals surface area contributed by atoms with Crippen molar-refractivity contribution in [1.82, 2.24) is 0 Å². The Hall–Kier alpha value is -1.56. The number of hydrogen-bond acceptors (Lipinski definition) is 0. The minimum absolute atomic E-state index is 0.127. The third-order valence-corrected chi connectivity index (χ3v) is 5.54. The molecule has 27 heavy (non-hydrogen) atoms. The van der Waals surface area contributed by atoms with Crippen LogP contribution in [0.3, 0.4) is 0 Å². The van der Waals surface area contributed by atoms with Crippen LogP contribution < -0.4 is 0 Å². The predicted octanol–water partition coefficient (Wildman–Crippen LogP) is 7.93. The summed E-state index contributed by atoms with van der Waals surface area (Å²) in [5.41, 5.74) is 7.88. The molecular weight excluding hydrogens is 324 g/mol. The van der Waals surface area contributed by atoms with E-state index in [1.807, 2.05) is 0 Å². The SMILES string of the molecule is CC(Cc1ccccc1)c1c(C(C)(C)C)cc(C(C)(C)C)cc1C(C)(C)C. The van der Waals surface area contributed by atoms with E-state index in [0.717, 1.165) is 6.42 Å². The monoisotopic (exact) mass is 364 g/mol. The van der Waals surface area contributed by atoms with Gasteiger partial charge in [-0.3, -0.25) is 0 Å². The molecule has 0 spiro atoms. The van der Waals surface area contributed by atoms with E-state index in [1.54, 1.807) is 5.56 Å². The highest BCUT2D eigenvalue weighted by atomic mass is 14.4. The highest BCUT2D eigenvalue weighted by Crippen LogP contribution is 2.42. The first-order chi connectivity index (χ1) is 12.2. The molecule has 1 unspecified atom stereocenters. The lowest BCUT2D eigenvalue weighted by Crippen LogP contribution is -2.25. The summed E-state index contributed by atoms with van der Waals surface area (Å²) < 4.78 is 0. The van der Waals surface area contributed by atoms with Crippen molar-refractivity contribution in [1.29, 1.82) is 0 Å². The zero-order valence-corrected chi connectivity index (χ0v) is 19.3. The van der Waals surface area contributed by atoms with Crippen LogP contribution in [0.1, 0.15) is 103 Å². The van der Waals surface area contributed by atoms with Crippen LogP contribution in [0, 0.1) is 0 Å². The Bertz CT molecular complexity index is 723. The summed E-state index contributed by atoms with van der Waals surface area (Å²) in [5.74, 6) is 0.491. The van der Waals surface area contributed by atoms with Crippen molar-refractivity contribution in [2.24, 2.45) is 0 Å². The van der Waals surface area contributed by atoms with Crippen LogP contribution in [0.15, 0.2) is 42.5 Å². The molecule has 0 aromatic heterocycles. The van der Waals surface area contributed by atoms with E-state index in [9.17, 15) is 0 Å². The fourth-order valence-electron chi connectivity index (χ4n) is 3.93.